The third-order valence-corrected chi connectivity index (χ3v) is 3.92. The summed E-state index contributed by atoms with van der Waals surface area (Å²) in [6, 6.07) is -3.44. The highest BCUT2D eigenvalue weighted by atomic mass is 16.4. The average molecular weight is 403 g/mol. The summed E-state index contributed by atoms with van der Waals surface area (Å²) < 4.78 is 0. The van der Waals surface area contributed by atoms with Crippen LogP contribution in [0.4, 0.5) is 0 Å². The molecule has 162 valence electrons. The fraction of sp³-hybridized carbons (Fsp3) is 0.765. The number of rotatable bonds is 14. The van der Waals surface area contributed by atoms with Gasteiger partial charge in [-0.3, -0.25) is 14.4 Å². The first-order chi connectivity index (χ1) is 13.2. The van der Waals surface area contributed by atoms with Gasteiger partial charge in [0.15, 0.2) is 0 Å². The van der Waals surface area contributed by atoms with Crippen LogP contribution in [0.15, 0.2) is 0 Å². The lowest BCUT2D eigenvalue weighted by atomic mass is 10.0. The van der Waals surface area contributed by atoms with Gasteiger partial charge >= 0.3 is 5.97 Å². The van der Waals surface area contributed by atoms with Crippen LogP contribution in [-0.2, 0) is 19.2 Å². The lowest BCUT2D eigenvalue weighted by Gasteiger charge is -2.24. The van der Waals surface area contributed by atoms with Crippen LogP contribution < -0.4 is 27.4 Å². The monoisotopic (exact) mass is 403 g/mol. The molecule has 11 nitrogen and oxygen atoms in total. The number of aliphatic hydroxyl groups excluding tert-OH is 1. The van der Waals surface area contributed by atoms with Crippen molar-refractivity contribution in [3.8, 4) is 0 Å². The Kier molecular flexibility index (Phi) is 12.7. The second kappa shape index (κ2) is 13.9. The summed E-state index contributed by atoms with van der Waals surface area (Å²) in [5.41, 5.74) is 10.6. The summed E-state index contributed by atoms with van der Waals surface area (Å²) in [6.07, 6.45) is 1.59. The number of amides is 3. The summed E-state index contributed by atoms with van der Waals surface area (Å²) in [7, 11) is 0. The second-order valence-corrected chi connectivity index (χ2v) is 6.88. The molecule has 0 bridgehead atoms. The van der Waals surface area contributed by atoms with E-state index in [2.05, 4.69) is 16.0 Å². The fourth-order valence-corrected chi connectivity index (χ4v) is 2.45. The van der Waals surface area contributed by atoms with E-state index in [1.165, 1.54) is 0 Å². The predicted octanol–water partition coefficient (Wildman–Crippen LogP) is -2.35. The van der Waals surface area contributed by atoms with E-state index >= 15 is 0 Å². The van der Waals surface area contributed by atoms with E-state index < -0.39 is 48.4 Å². The van der Waals surface area contributed by atoms with E-state index in [9.17, 15) is 29.4 Å². The molecule has 9 N–H and O–H groups in total. The van der Waals surface area contributed by atoms with Crippen LogP contribution in [0.5, 0.6) is 0 Å². The van der Waals surface area contributed by atoms with Gasteiger partial charge in [-0.2, -0.15) is 0 Å². The zero-order valence-electron chi connectivity index (χ0n) is 16.4. The molecule has 0 fully saturated rings. The number of aliphatic hydroxyl groups is 1. The van der Waals surface area contributed by atoms with Crippen molar-refractivity contribution >= 4 is 23.7 Å². The first-order valence-corrected chi connectivity index (χ1v) is 9.30. The Hall–Kier alpha value is -2.24. The molecular formula is C17H33N5O6. The van der Waals surface area contributed by atoms with Gasteiger partial charge in [0.25, 0.3) is 0 Å². The van der Waals surface area contributed by atoms with E-state index in [1.54, 1.807) is 0 Å². The molecule has 0 aromatic heterocycles. The number of unbranched alkanes of at least 4 members (excludes halogenated alkanes) is 1. The SMILES string of the molecule is CC(C)CC(NC(=O)CN)C(=O)NC(CO)C(=O)NC(CCCCN)C(=O)O. The van der Waals surface area contributed by atoms with E-state index in [0.29, 0.717) is 25.8 Å². The highest BCUT2D eigenvalue weighted by molar-refractivity contribution is 5.93. The highest BCUT2D eigenvalue weighted by Crippen LogP contribution is 2.06. The maximum absolute atomic E-state index is 12.4. The average Bonchev–Trinajstić information content (AvgIpc) is 2.63. The largest absolute Gasteiger partial charge is 0.480 e. The summed E-state index contributed by atoms with van der Waals surface area (Å²) in [6.45, 7) is 3.08. The molecule has 3 amide bonds. The van der Waals surface area contributed by atoms with Crippen LogP contribution in [-0.4, -0.2) is 71.7 Å². The molecular weight excluding hydrogens is 370 g/mol. The Morgan fingerprint density at radius 1 is 0.893 bits per heavy atom. The zero-order chi connectivity index (χ0) is 21.7. The van der Waals surface area contributed by atoms with Crippen LogP contribution in [0.3, 0.4) is 0 Å². The molecule has 28 heavy (non-hydrogen) atoms. The quantitative estimate of drug-likeness (QED) is 0.156. The molecule has 0 aromatic carbocycles. The minimum absolute atomic E-state index is 0.0640. The van der Waals surface area contributed by atoms with Crippen LogP contribution in [0, 0.1) is 5.92 Å². The lowest BCUT2D eigenvalue weighted by Crippen LogP contribution is -2.57. The number of hydrogen-bond acceptors (Lipinski definition) is 7. The summed E-state index contributed by atoms with van der Waals surface area (Å²) in [5.74, 6) is -3.18. The van der Waals surface area contributed by atoms with Crippen molar-refractivity contribution in [3.63, 3.8) is 0 Å². The molecule has 0 heterocycles. The number of nitrogens with one attached hydrogen (secondary N) is 3. The molecule has 0 saturated heterocycles. The van der Waals surface area contributed by atoms with Gasteiger partial charge in [0.1, 0.15) is 18.1 Å². The summed E-state index contributed by atoms with van der Waals surface area (Å²) in [5, 5.41) is 25.8. The molecule has 0 aromatic rings. The normalized spacial score (nSPS) is 14.1. The molecule has 0 radical (unpaired) electrons. The summed E-state index contributed by atoms with van der Waals surface area (Å²) in [4.78, 5) is 47.6. The van der Waals surface area contributed by atoms with E-state index in [0.717, 1.165) is 0 Å². The van der Waals surface area contributed by atoms with Crippen LogP contribution >= 0.6 is 0 Å². The molecule has 3 atom stereocenters. The number of aliphatic carboxylic acids is 1. The number of nitrogens with two attached hydrogens (primary N) is 2. The van der Waals surface area contributed by atoms with Gasteiger partial charge in [0.05, 0.1) is 13.2 Å². The smallest absolute Gasteiger partial charge is 0.326 e. The number of carboxylic acids is 1. The third kappa shape index (κ3) is 10.2. The Morgan fingerprint density at radius 3 is 1.93 bits per heavy atom. The summed E-state index contributed by atoms with van der Waals surface area (Å²) >= 11 is 0. The van der Waals surface area contributed by atoms with Crippen molar-refractivity contribution in [1.29, 1.82) is 0 Å². The predicted molar refractivity (Wildman–Crippen MR) is 102 cm³/mol. The van der Waals surface area contributed by atoms with Gasteiger partial charge in [-0.05, 0) is 38.1 Å². The minimum Gasteiger partial charge on any atom is -0.480 e. The molecule has 0 saturated carbocycles. The zero-order valence-corrected chi connectivity index (χ0v) is 16.4. The van der Waals surface area contributed by atoms with Gasteiger partial charge in [-0.15, -0.1) is 0 Å². The van der Waals surface area contributed by atoms with Crippen molar-refractivity contribution in [2.45, 2.75) is 57.7 Å². The van der Waals surface area contributed by atoms with E-state index in [-0.39, 0.29) is 18.9 Å². The topological polar surface area (TPSA) is 197 Å². The number of carbonyl (C=O) groups excluding carboxylic acids is 3. The fourth-order valence-electron chi connectivity index (χ4n) is 2.45. The molecule has 0 aliphatic heterocycles. The number of carboxylic acid groups (broad SMARTS) is 1. The minimum atomic E-state index is -1.35. The maximum atomic E-state index is 12.4. The molecule has 0 rings (SSSR count). The van der Waals surface area contributed by atoms with Crippen molar-refractivity contribution in [2.24, 2.45) is 17.4 Å². The van der Waals surface area contributed by atoms with Gasteiger partial charge in [-0.25, -0.2) is 4.79 Å². The second-order valence-electron chi connectivity index (χ2n) is 6.88. The van der Waals surface area contributed by atoms with Crippen molar-refractivity contribution < 1.29 is 29.4 Å². The van der Waals surface area contributed by atoms with Gasteiger partial charge in [0, 0.05) is 0 Å². The molecule has 11 heteroatoms. The van der Waals surface area contributed by atoms with E-state index in [1.807, 2.05) is 13.8 Å². The molecule has 0 aliphatic rings. The van der Waals surface area contributed by atoms with Crippen molar-refractivity contribution in [1.82, 2.24) is 16.0 Å². The lowest BCUT2D eigenvalue weighted by molar-refractivity contribution is -0.142. The van der Waals surface area contributed by atoms with Crippen LogP contribution in [0.25, 0.3) is 0 Å². The van der Waals surface area contributed by atoms with Gasteiger partial charge < -0.3 is 37.6 Å². The maximum Gasteiger partial charge on any atom is 0.326 e. The Morgan fingerprint density at radius 2 is 1.46 bits per heavy atom. The standard InChI is InChI=1S/C17H33N5O6/c1-10(2)7-12(20-14(24)8-19)15(25)22-13(9-23)16(26)21-11(17(27)28)5-3-4-6-18/h10-13,23H,3-9,18-19H2,1-2H3,(H,20,24)(H,21,26)(H,22,25)(H,27,28). The van der Waals surface area contributed by atoms with Gasteiger partial charge in [-0.1, -0.05) is 13.8 Å². The molecule has 0 spiro atoms. The Balaban J connectivity index is 5.00. The molecule has 3 unspecified atom stereocenters. The van der Waals surface area contributed by atoms with Crippen molar-refractivity contribution in [2.75, 3.05) is 19.7 Å². The van der Waals surface area contributed by atoms with Gasteiger partial charge in [0.2, 0.25) is 17.7 Å². The first-order valence-electron chi connectivity index (χ1n) is 9.30. The highest BCUT2D eigenvalue weighted by Gasteiger charge is 2.29. The van der Waals surface area contributed by atoms with Crippen molar-refractivity contribution in [3.05, 3.63) is 0 Å². The van der Waals surface area contributed by atoms with Crippen LogP contribution in [0.1, 0.15) is 39.5 Å². The first kappa shape index (κ1) is 25.8. The molecule has 0 aliphatic carbocycles. The number of hydrogen-bond donors (Lipinski definition) is 7. The van der Waals surface area contributed by atoms with Crippen LogP contribution in [0.2, 0.25) is 0 Å². The van der Waals surface area contributed by atoms with E-state index in [4.69, 9.17) is 11.5 Å². The Labute approximate surface area is 164 Å². The number of carbonyl (C=O) groups is 4. The third-order valence-electron chi connectivity index (χ3n) is 3.92. The Bertz CT molecular complexity index is 528.